The van der Waals surface area contributed by atoms with E-state index in [0.29, 0.717) is 11.5 Å². The maximum Gasteiger partial charge on any atom is 0.185 e. The van der Waals surface area contributed by atoms with Crippen molar-refractivity contribution in [2.45, 2.75) is 45.6 Å². The van der Waals surface area contributed by atoms with Crippen molar-refractivity contribution in [3.63, 3.8) is 0 Å². The van der Waals surface area contributed by atoms with E-state index in [1.54, 1.807) is 0 Å². The summed E-state index contributed by atoms with van der Waals surface area (Å²) in [4.78, 5) is 8.87. The van der Waals surface area contributed by atoms with Crippen molar-refractivity contribution in [2.75, 3.05) is 25.0 Å². The van der Waals surface area contributed by atoms with E-state index in [2.05, 4.69) is 31.1 Å². The zero-order valence-corrected chi connectivity index (χ0v) is 12.4. The van der Waals surface area contributed by atoms with Gasteiger partial charge in [0.25, 0.3) is 0 Å². The van der Waals surface area contributed by atoms with Gasteiger partial charge >= 0.3 is 0 Å². The number of aromatic nitrogens is 1. The maximum absolute atomic E-state index is 4.90. The van der Waals surface area contributed by atoms with Gasteiger partial charge in [-0.25, -0.2) is 4.98 Å². The van der Waals surface area contributed by atoms with E-state index in [9.17, 15) is 0 Å². The molecule has 1 unspecified atom stereocenters. The molecular formula is C14H23N3S. The quantitative estimate of drug-likeness (QED) is 0.891. The van der Waals surface area contributed by atoms with E-state index < -0.39 is 0 Å². The summed E-state index contributed by atoms with van der Waals surface area (Å²) in [6.45, 7) is 7.04. The molecule has 1 aromatic rings. The molecule has 1 saturated heterocycles. The molecule has 100 valence electrons. The smallest absolute Gasteiger partial charge is 0.185 e. The number of fused-ring (bicyclic) bond motifs is 1. The molecular weight excluding hydrogens is 242 g/mol. The van der Waals surface area contributed by atoms with Gasteiger partial charge < -0.3 is 10.2 Å². The number of nitrogens with one attached hydrogen (secondary N) is 1. The highest BCUT2D eigenvalue weighted by atomic mass is 32.1. The number of thiazole rings is 1. The van der Waals surface area contributed by atoms with Crippen molar-refractivity contribution in [1.82, 2.24) is 10.3 Å². The largest absolute Gasteiger partial charge is 0.348 e. The molecule has 1 aliphatic carbocycles. The zero-order chi connectivity index (χ0) is 12.8. The number of nitrogens with zero attached hydrogens (tertiary/aromatic N) is 2. The maximum atomic E-state index is 4.90. The van der Waals surface area contributed by atoms with Crippen LogP contribution in [0.15, 0.2) is 0 Å². The molecule has 1 atom stereocenters. The Kier molecular flexibility index (Phi) is 3.10. The van der Waals surface area contributed by atoms with Crippen LogP contribution in [0.5, 0.6) is 0 Å². The first-order valence-electron chi connectivity index (χ1n) is 7.01. The van der Waals surface area contributed by atoms with E-state index in [1.807, 2.05) is 11.3 Å². The van der Waals surface area contributed by atoms with Gasteiger partial charge in [0, 0.05) is 24.0 Å². The Balaban J connectivity index is 1.85. The molecule has 1 aliphatic heterocycles. The second-order valence-corrected chi connectivity index (χ2v) is 7.39. The summed E-state index contributed by atoms with van der Waals surface area (Å²) in [6, 6.07) is 0.538. The lowest BCUT2D eigenvalue weighted by atomic mass is 9.93. The average molecular weight is 265 g/mol. The normalized spacial score (nSPS) is 26.4. The third-order valence-electron chi connectivity index (χ3n) is 4.24. The first-order chi connectivity index (χ1) is 8.59. The van der Waals surface area contributed by atoms with Crippen molar-refractivity contribution < 1.29 is 0 Å². The molecule has 1 N–H and O–H groups in total. The van der Waals surface area contributed by atoms with Crippen LogP contribution in [0.3, 0.4) is 0 Å². The zero-order valence-electron chi connectivity index (χ0n) is 11.6. The number of aryl methyl sites for hydroxylation is 1. The Morgan fingerprint density at radius 3 is 2.94 bits per heavy atom. The topological polar surface area (TPSA) is 28.2 Å². The Bertz CT molecular complexity index is 438. The number of hydrogen-bond donors (Lipinski definition) is 1. The Morgan fingerprint density at radius 1 is 1.44 bits per heavy atom. The third kappa shape index (κ3) is 2.16. The van der Waals surface area contributed by atoms with Crippen molar-refractivity contribution in [1.29, 1.82) is 0 Å². The molecule has 0 aromatic carbocycles. The van der Waals surface area contributed by atoms with Gasteiger partial charge in [0.2, 0.25) is 0 Å². The van der Waals surface area contributed by atoms with Crippen molar-refractivity contribution in [3.05, 3.63) is 10.6 Å². The number of anilines is 1. The van der Waals surface area contributed by atoms with Crippen LogP contribution < -0.4 is 10.2 Å². The Hall–Kier alpha value is -0.610. The highest BCUT2D eigenvalue weighted by molar-refractivity contribution is 7.15. The molecule has 0 spiro atoms. The lowest BCUT2D eigenvalue weighted by molar-refractivity contribution is 0.418. The predicted molar refractivity (Wildman–Crippen MR) is 77.5 cm³/mol. The van der Waals surface area contributed by atoms with Crippen LogP contribution in [0, 0.1) is 5.41 Å². The highest BCUT2D eigenvalue weighted by Crippen LogP contribution is 2.40. The summed E-state index contributed by atoms with van der Waals surface area (Å²) in [7, 11) is 2.07. The predicted octanol–water partition coefficient (Wildman–Crippen LogP) is 2.98. The van der Waals surface area contributed by atoms with Gasteiger partial charge in [-0.15, -0.1) is 0 Å². The van der Waals surface area contributed by atoms with E-state index >= 15 is 0 Å². The molecule has 0 bridgehead atoms. The van der Waals surface area contributed by atoms with Crippen LogP contribution in [-0.4, -0.2) is 25.1 Å². The van der Waals surface area contributed by atoms with Gasteiger partial charge in [0.05, 0.1) is 5.69 Å². The molecule has 18 heavy (non-hydrogen) atoms. The molecule has 2 aliphatic rings. The van der Waals surface area contributed by atoms with E-state index in [-0.39, 0.29) is 0 Å². The second kappa shape index (κ2) is 4.49. The lowest BCUT2D eigenvalue weighted by Gasteiger charge is -2.20. The van der Waals surface area contributed by atoms with Crippen LogP contribution >= 0.6 is 11.3 Å². The van der Waals surface area contributed by atoms with Crippen molar-refractivity contribution >= 4 is 16.5 Å². The monoisotopic (exact) mass is 265 g/mol. The first kappa shape index (κ1) is 12.4. The van der Waals surface area contributed by atoms with Gasteiger partial charge in [0.1, 0.15) is 0 Å². The lowest BCUT2D eigenvalue weighted by Crippen LogP contribution is -2.22. The van der Waals surface area contributed by atoms with Gasteiger partial charge in [0.15, 0.2) is 5.13 Å². The Labute approximate surface area is 114 Å². The van der Waals surface area contributed by atoms with Gasteiger partial charge in [-0.05, 0) is 38.1 Å². The fourth-order valence-electron chi connectivity index (χ4n) is 3.09. The average Bonchev–Trinajstić information content (AvgIpc) is 2.91. The fourth-order valence-corrected chi connectivity index (χ4v) is 4.37. The van der Waals surface area contributed by atoms with Gasteiger partial charge in [-0.2, -0.15) is 0 Å². The summed E-state index contributed by atoms with van der Waals surface area (Å²) < 4.78 is 0. The molecule has 2 heterocycles. The Morgan fingerprint density at radius 2 is 2.28 bits per heavy atom. The van der Waals surface area contributed by atoms with Crippen molar-refractivity contribution in [2.24, 2.45) is 5.41 Å². The highest BCUT2D eigenvalue weighted by Gasteiger charge is 2.32. The van der Waals surface area contributed by atoms with Crippen LogP contribution in [0.1, 0.15) is 49.7 Å². The molecule has 1 aromatic heterocycles. The van der Waals surface area contributed by atoms with E-state index in [1.165, 1.54) is 47.9 Å². The van der Waals surface area contributed by atoms with E-state index in [4.69, 9.17) is 4.98 Å². The molecule has 1 fully saturated rings. The fraction of sp³-hybridized carbons (Fsp3) is 0.786. The molecule has 0 amide bonds. The minimum absolute atomic E-state index is 0.453. The minimum atomic E-state index is 0.453. The van der Waals surface area contributed by atoms with Crippen LogP contribution in [0.25, 0.3) is 0 Å². The van der Waals surface area contributed by atoms with Gasteiger partial charge in [-0.1, -0.05) is 25.2 Å². The molecule has 3 rings (SSSR count). The molecule has 4 heteroatoms. The third-order valence-corrected chi connectivity index (χ3v) is 5.51. The molecule has 3 nitrogen and oxygen atoms in total. The standard InChI is InChI=1S/C14H23N3S/c1-14(2)7-8-17(9-14)13-16-11-6-4-5-10(15-3)12(11)18-13/h10,15H,4-9H2,1-3H3. The van der Waals surface area contributed by atoms with Crippen LogP contribution in [0.4, 0.5) is 5.13 Å². The van der Waals surface area contributed by atoms with Crippen LogP contribution in [-0.2, 0) is 6.42 Å². The summed E-state index contributed by atoms with van der Waals surface area (Å²) in [5.41, 5.74) is 1.81. The van der Waals surface area contributed by atoms with Crippen molar-refractivity contribution in [3.8, 4) is 0 Å². The number of hydrogen-bond acceptors (Lipinski definition) is 4. The SMILES string of the molecule is CNC1CCCc2nc(N3CCC(C)(C)C3)sc21. The second-order valence-electron chi connectivity index (χ2n) is 6.38. The van der Waals surface area contributed by atoms with Crippen LogP contribution in [0.2, 0.25) is 0 Å². The molecule has 0 saturated carbocycles. The summed E-state index contributed by atoms with van der Waals surface area (Å²) in [6.07, 6.45) is 4.98. The summed E-state index contributed by atoms with van der Waals surface area (Å²) in [5.74, 6) is 0. The number of rotatable bonds is 2. The van der Waals surface area contributed by atoms with Gasteiger partial charge in [-0.3, -0.25) is 0 Å². The summed E-state index contributed by atoms with van der Waals surface area (Å²) in [5, 5.41) is 4.69. The molecule has 0 radical (unpaired) electrons. The minimum Gasteiger partial charge on any atom is -0.348 e. The first-order valence-corrected chi connectivity index (χ1v) is 7.82. The summed E-state index contributed by atoms with van der Waals surface area (Å²) >= 11 is 1.92. The van der Waals surface area contributed by atoms with E-state index in [0.717, 1.165) is 6.54 Å².